The van der Waals surface area contributed by atoms with E-state index in [9.17, 15) is 29.1 Å². The summed E-state index contributed by atoms with van der Waals surface area (Å²) in [5.74, 6) is -2.84. The molecule has 0 aromatic heterocycles. The minimum Gasteiger partial charge on any atom is -0.477 e. The standard InChI is InChI=1S/C38H51NO13/c1-34(2,3)50-28(42)20-24(32(43)51-35(4,5)6)47-27(41)14-13-26(40)46-23-15-16-38(45)25-19-21-11-12-22(48-33(44)52-36(7,8)9)30-29(21)37(38,31(23)49-30)17-18-39(25)10/h11-12,15,24-25,31,45H,13-14,16-20H2,1-10H3/t24-,25-,31+,37+,38-/m1/s1. The van der Waals surface area contributed by atoms with Crippen LogP contribution in [0.5, 0.6) is 11.5 Å². The van der Waals surface area contributed by atoms with Crippen molar-refractivity contribution in [1.29, 1.82) is 0 Å². The first-order chi connectivity index (χ1) is 23.9. The van der Waals surface area contributed by atoms with Gasteiger partial charge < -0.3 is 43.2 Å². The Labute approximate surface area is 304 Å². The first-order valence-corrected chi connectivity index (χ1v) is 17.6. The Balaban J connectivity index is 1.32. The minimum absolute atomic E-state index is 0.121. The zero-order chi connectivity index (χ0) is 38.6. The lowest BCUT2D eigenvalue weighted by Gasteiger charge is -2.61. The predicted octanol–water partition coefficient (Wildman–Crippen LogP) is 4.59. The van der Waals surface area contributed by atoms with Crippen molar-refractivity contribution in [2.24, 2.45) is 0 Å². The van der Waals surface area contributed by atoms with Gasteiger partial charge in [0.15, 0.2) is 17.6 Å². The zero-order valence-corrected chi connectivity index (χ0v) is 31.7. The Morgan fingerprint density at radius 3 is 2.15 bits per heavy atom. The van der Waals surface area contributed by atoms with Crippen LogP contribution in [0.2, 0.25) is 0 Å². The van der Waals surface area contributed by atoms with Crippen LogP contribution in [0, 0.1) is 0 Å². The lowest BCUT2D eigenvalue weighted by Crippen LogP contribution is -2.74. The molecular formula is C38H51NO13. The molecule has 1 N–H and O–H groups in total. The zero-order valence-electron chi connectivity index (χ0n) is 31.7. The molecule has 1 saturated heterocycles. The van der Waals surface area contributed by atoms with Gasteiger partial charge in [0.1, 0.15) is 22.6 Å². The number of piperidine rings is 1. The molecule has 5 atom stereocenters. The van der Waals surface area contributed by atoms with Crippen LogP contribution in [0.25, 0.3) is 0 Å². The monoisotopic (exact) mass is 729 g/mol. The third-order valence-electron chi connectivity index (χ3n) is 9.40. The van der Waals surface area contributed by atoms with Crippen LogP contribution in [0.4, 0.5) is 4.79 Å². The lowest BCUT2D eigenvalue weighted by atomic mass is 9.50. The molecule has 0 radical (unpaired) electrons. The van der Waals surface area contributed by atoms with Crippen molar-refractivity contribution >= 4 is 30.0 Å². The Hall–Kier alpha value is -4.17. The van der Waals surface area contributed by atoms with Crippen molar-refractivity contribution in [3.8, 4) is 11.5 Å². The molecular weight excluding hydrogens is 678 g/mol. The molecule has 1 aromatic rings. The van der Waals surface area contributed by atoms with Gasteiger partial charge in [-0.2, -0.15) is 0 Å². The van der Waals surface area contributed by atoms with Crippen LogP contribution in [-0.4, -0.2) is 94.3 Å². The number of carbonyl (C=O) groups excluding carboxylic acids is 5. The summed E-state index contributed by atoms with van der Waals surface area (Å²) in [5.41, 5.74) is -3.23. The van der Waals surface area contributed by atoms with E-state index >= 15 is 0 Å². The van der Waals surface area contributed by atoms with Crippen LogP contribution in [0.15, 0.2) is 24.0 Å². The fourth-order valence-corrected chi connectivity index (χ4v) is 7.55. The van der Waals surface area contributed by atoms with E-state index in [4.69, 9.17) is 33.2 Å². The number of rotatable bonds is 9. The van der Waals surface area contributed by atoms with Gasteiger partial charge in [0.25, 0.3) is 0 Å². The molecule has 2 aliphatic heterocycles. The van der Waals surface area contributed by atoms with E-state index in [1.807, 2.05) is 13.1 Å². The summed E-state index contributed by atoms with van der Waals surface area (Å²) in [7, 11) is 1.96. The summed E-state index contributed by atoms with van der Waals surface area (Å²) in [6, 6.07) is 3.24. The number of likely N-dealkylation sites (tertiary alicyclic amines) is 1. The normalized spacial score (nSPS) is 25.4. The van der Waals surface area contributed by atoms with E-state index < -0.39 is 89.3 Å². The van der Waals surface area contributed by atoms with Gasteiger partial charge in [0.05, 0.1) is 30.3 Å². The predicted molar refractivity (Wildman–Crippen MR) is 183 cm³/mol. The van der Waals surface area contributed by atoms with E-state index in [1.165, 1.54) is 0 Å². The number of nitrogens with zero attached hydrogens (tertiary/aromatic N) is 1. The van der Waals surface area contributed by atoms with Crippen molar-refractivity contribution in [3.63, 3.8) is 0 Å². The maximum Gasteiger partial charge on any atom is 0.514 e. The Morgan fingerprint density at radius 2 is 1.52 bits per heavy atom. The first-order valence-electron chi connectivity index (χ1n) is 17.6. The van der Waals surface area contributed by atoms with Crippen molar-refractivity contribution in [2.75, 3.05) is 13.6 Å². The van der Waals surface area contributed by atoms with E-state index in [0.717, 1.165) is 5.56 Å². The van der Waals surface area contributed by atoms with Gasteiger partial charge in [-0.25, -0.2) is 9.59 Å². The topological polar surface area (TPSA) is 173 Å². The second-order valence-electron chi connectivity index (χ2n) is 16.9. The quantitative estimate of drug-likeness (QED) is 0.212. The molecule has 52 heavy (non-hydrogen) atoms. The molecule has 2 aliphatic carbocycles. The van der Waals surface area contributed by atoms with Crippen molar-refractivity contribution < 1.29 is 62.2 Å². The van der Waals surface area contributed by atoms with Gasteiger partial charge >= 0.3 is 30.0 Å². The lowest BCUT2D eigenvalue weighted by molar-refractivity contribution is -0.181. The molecule has 14 nitrogen and oxygen atoms in total. The summed E-state index contributed by atoms with van der Waals surface area (Å²) in [6.07, 6.45) is -2.13. The fourth-order valence-electron chi connectivity index (χ4n) is 7.55. The van der Waals surface area contributed by atoms with E-state index in [1.54, 1.807) is 74.5 Å². The smallest absolute Gasteiger partial charge is 0.477 e. The second-order valence-corrected chi connectivity index (χ2v) is 16.9. The van der Waals surface area contributed by atoms with Crippen LogP contribution >= 0.6 is 0 Å². The van der Waals surface area contributed by atoms with Crippen LogP contribution < -0.4 is 9.47 Å². The molecule has 1 aromatic carbocycles. The van der Waals surface area contributed by atoms with E-state index in [-0.39, 0.29) is 29.7 Å². The highest BCUT2D eigenvalue weighted by molar-refractivity contribution is 5.86. The average molecular weight is 730 g/mol. The second kappa shape index (κ2) is 13.7. The Kier molecular flexibility index (Phi) is 10.3. The molecule has 0 amide bonds. The molecule has 1 fully saturated rings. The number of esters is 4. The summed E-state index contributed by atoms with van der Waals surface area (Å²) in [6.45, 7) is 15.7. The van der Waals surface area contributed by atoms with Gasteiger partial charge in [0, 0.05) is 18.0 Å². The van der Waals surface area contributed by atoms with Crippen LogP contribution in [-0.2, 0) is 54.7 Å². The molecule has 5 rings (SSSR count). The van der Waals surface area contributed by atoms with Crippen molar-refractivity contribution in [2.45, 2.75) is 147 Å². The molecule has 2 heterocycles. The fraction of sp³-hybridized carbons (Fsp3) is 0.658. The number of likely N-dealkylation sites (N-methyl/N-ethyl adjacent to an activating group) is 1. The summed E-state index contributed by atoms with van der Waals surface area (Å²) < 4.78 is 39.4. The largest absolute Gasteiger partial charge is 0.514 e. The number of hydrogen-bond donors (Lipinski definition) is 1. The highest BCUT2D eigenvalue weighted by Gasteiger charge is 2.72. The first kappa shape index (κ1) is 39.0. The van der Waals surface area contributed by atoms with E-state index in [0.29, 0.717) is 24.9 Å². The molecule has 0 unspecified atom stereocenters. The maximum absolute atomic E-state index is 13.3. The number of carbonyl (C=O) groups is 5. The molecule has 286 valence electrons. The maximum atomic E-state index is 13.3. The average Bonchev–Trinajstić information content (AvgIpc) is 3.33. The number of hydrogen-bond acceptors (Lipinski definition) is 14. The SMILES string of the molecule is CN1CC[C@]23c4c5ccc(OC(=O)OC(C)(C)C)c4O[C@H]2C(OC(=O)CCC(=O)O[C@H](CC(=O)OC(C)(C)C)C(=O)OC(C)(C)C)=CC[C@@]3(O)[C@H]1C5. The summed E-state index contributed by atoms with van der Waals surface area (Å²) in [5, 5.41) is 12.5. The third kappa shape index (κ3) is 7.92. The van der Waals surface area contributed by atoms with Gasteiger partial charge in [-0.15, -0.1) is 0 Å². The molecule has 14 heteroatoms. The Morgan fingerprint density at radius 1 is 0.885 bits per heavy atom. The third-order valence-corrected chi connectivity index (χ3v) is 9.40. The van der Waals surface area contributed by atoms with Crippen LogP contribution in [0.1, 0.15) is 106 Å². The summed E-state index contributed by atoms with van der Waals surface area (Å²) >= 11 is 0. The minimum atomic E-state index is -1.59. The highest BCUT2D eigenvalue weighted by Crippen LogP contribution is 2.65. The van der Waals surface area contributed by atoms with Gasteiger partial charge in [-0.1, -0.05) is 6.07 Å². The highest BCUT2D eigenvalue weighted by atomic mass is 16.7. The van der Waals surface area contributed by atoms with Gasteiger partial charge in [0.2, 0.25) is 6.10 Å². The molecule has 4 aliphatic rings. The molecule has 2 bridgehead atoms. The van der Waals surface area contributed by atoms with Crippen molar-refractivity contribution in [1.82, 2.24) is 4.90 Å². The van der Waals surface area contributed by atoms with Gasteiger partial charge in [-0.05, 0) is 106 Å². The Bertz CT molecular complexity index is 1660. The van der Waals surface area contributed by atoms with Crippen LogP contribution in [0.3, 0.4) is 0 Å². The summed E-state index contributed by atoms with van der Waals surface area (Å²) in [4.78, 5) is 66.4. The van der Waals surface area contributed by atoms with E-state index in [2.05, 4.69) is 4.90 Å². The number of aliphatic hydroxyl groups is 1. The molecule has 0 saturated carbocycles. The van der Waals surface area contributed by atoms with Crippen molar-refractivity contribution in [3.05, 3.63) is 35.1 Å². The number of benzene rings is 1. The molecule has 1 spiro atoms. The number of ether oxygens (including phenoxy) is 7. The van der Waals surface area contributed by atoms with Gasteiger partial charge in [-0.3, -0.25) is 14.4 Å².